The number of aromatic nitrogens is 3. The summed E-state index contributed by atoms with van der Waals surface area (Å²) in [7, 11) is 0. The van der Waals surface area contributed by atoms with Crippen LogP contribution in [0, 0.1) is 6.92 Å². The van der Waals surface area contributed by atoms with Gasteiger partial charge in [0.1, 0.15) is 5.82 Å². The summed E-state index contributed by atoms with van der Waals surface area (Å²) < 4.78 is 0. The van der Waals surface area contributed by atoms with Gasteiger partial charge >= 0.3 is 0 Å². The Kier molecular flexibility index (Phi) is 21.0. The first-order valence-electron chi connectivity index (χ1n) is 14.1. The van der Waals surface area contributed by atoms with Crippen LogP contribution in [0.3, 0.4) is 0 Å². The van der Waals surface area contributed by atoms with E-state index < -0.39 is 0 Å². The van der Waals surface area contributed by atoms with Crippen molar-refractivity contribution in [3.05, 3.63) is 28.7 Å². The fourth-order valence-corrected chi connectivity index (χ4v) is 4.79. The van der Waals surface area contributed by atoms with Gasteiger partial charge in [-0.25, -0.2) is 0 Å². The summed E-state index contributed by atoms with van der Waals surface area (Å²) in [6.45, 7) is 8.06. The van der Waals surface area contributed by atoms with Gasteiger partial charge in [0.15, 0.2) is 0 Å². The third kappa shape index (κ3) is 20.0. The topological polar surface area (TPSA) is 70.8 Å². The molecule has 0 unspecified atom stereocenters. The smallest absolute Gasteiger partial charge is 0.239 e. The number of aryl methyl sites for hydroxylation is 1. The Morgan fingerprint density at radius 2 is 1.12 bits per heavy atom. The number of nitrogens with zero attached hydrogens (tertiary/aromatic N) is 3. The van der Waals surface area contributed by atoms with Crippen LogP contribution in [0.5, 0.6) is 0 Å². The van der Waals surface area contributed by atoms with Crippen molar-refractivity contribution in [2.75, 3.05) is 25.4 Å². The molecule has 0 radical (unpaired) electrons. The second kappa shape index (κ2) is 23.3. The van der Waals surface area contributed by atoms with Crippen molar-refractivity contribution in [1.82, 2.24) is 20.1 Å². The lowest BCUT2D eigenvalue weighted by atomic mass is 10.0. The highest BCUT2D eigenvalue weighted by atomic mass is 32.1. The molecule has 1 saturated heterocycles. The Balaban J connectivity index is 0.000000385. The van der Waals surface area contributed by atoms with Crippen LogP contribution in [0.2, 0.25) is 0 Å². The molecule has 0 bridgehead atoms. The Morgan fingerprint density at radius 1 is 0.735 bits per heavy atom. The first-order valence-corrected chi connectivity index (χ1v) is 15.0. The number of nitrogens with one attached hydrogen (secondary N) is 1. The van der Waals surface area contributed by atoms with E-state index in [1.165, 1.54) is 129 Å². The number of thiophene rings is 1. The molecule has 34 heavy (non-hydrogen) atoms. The first kappa shape index (κ1) is 30.6. The Morgan fingerprint density at radius 3 is 1.32 bits per heavy atom. The van der Waals surface area contributed by atoms with E-state index in [1.807, 2.05) is 22.9 Å². The van der Waals surface area contributed by atoms with E-state index in [0.717, 1.165) is 5.82 Å². The van der Waals surface area contributed by atoms with Crippen molar-refractivity contribution in [3.8, 4) is 0 Å². The van der Waals surface area contributed by atoms with Crippen LogP contribution in [-0.4, -0.2) is 39.7 Å². The van der Waals surface area contributed by atoms with Crippen molar-refractivity contribution in [2.45, 2.75) is 123 Å². The summed E-state index contributed by atoms with van der Waals surface area (Å²) in [5.41, 5.74) is 5.13. The highest BCUT2D eigenvalue weighted by Gasteiger charge is 2.02. The quantitative estimate of drug-likeness (QED) is 0.420. The number of aromatic amines is 1. The number of anilines is 1. The lowest BCUT2D eigenvalue weighted by molar-refractivity contribution is 0.273. The summed E-state index contributed by atoms with van der Waals surface area (Å²) in [4.78, 5) is 6.40. The second-order valence-electron chi connectivity index (χ2n) is 9.52. The third-order valence-corrected chi connectivity index (χ3v) is 7.06. The van der Waals surface area contributed by atoms with Gasteiger partial charge < -0.3 is 10.6 Å². The van der Waals surface area contributed by atoms with Gasteiger partial charge in [0.2, 0.25) is 5.95 Å². The van der Waals surface area contributed by atoms with Crippen molar-refractivity contribution < 1.29 is 0 Å². The second-order valence-corrected chi connectivity index (χ2v) is 10.3. The molecule has 2 aromatic rings. The lowest BCUT2D eigenvalue weighted by Gasteiger charge is -2.20. The molecule has 196 valence electrons. The Hall–Kier alpha value is -1.40. The normalized spacial score (nSPS) is 18.5. The average Bonchev–Trinajstić information content (AvgIpc) is 3.54. The number of hydrogen-bond acceptors (Lipinski definition) is 5. The Bertz CT molecular complexity index is 575. The minimum Gasteiger partial charge on any atom is -0.367 e. The van der Waals surface area contributed by atoms with Gasteiger partial charge in [-0.2, -0.15) is 16.3 Å². The minimum atomic E-state index is 0.303. The van der Waals surface area contributed by atoms with E-state index in [2.05, 4.69) is 27.0 Å². The monoisotopic (exact) mass is 491 g/mol. The summed E-state index contributed by atoms with van der Waals surface area (Å²) in [6, 6.07) is 4.04. The van der Waals surface area contributed by atoms with Gasteiger partial charge in [0, 0.05) is 0 Å². The summed E-state index contributed by atoms with van der Waals surface area (Å²) in [5.74, 6) is 1.05. The number of hydrogen-bond donors (Lipinski definition) is 2. The summed E-state index contributed by atoms with van der Waals surface area (Å²) in [6.07, 6.45) is 25.1. The van der Waals surface area contributed by atoms with Crippen LogP contribution in [0.4, 0.5) is 5.95 Å². The zero-order chi connectivity index (χ0) is 24.5. The predicted octanol–water partition coefficient (Wildman–Crippen LogP) is 8.40. The van der Waals surface area contributed by atoms with Crippen molar-refractivity contribution in [3.63, 3.8) is 0 Å². The molecule has 0 aromatic carbocycles. The lowest BCUT2D eigenvalue weighted by Crippen LogP contribution is -2.25. The molecular weight excluding hydrogens is 438 g/mol. The number of nitrogens with two attached hydrogens (primary N) is 1. The van der Waals surface area contributed by atoms with Gasteiger partial charge in [0.25, 0.3) is 0 Å². The molecule has 1 aliphatic heterocycles. The average molecular weight is 492 g/mol. The molecule has 0 saturated carbocycles. The third-order valence-electron chi connectivity index (χ3n) is 6.44. The van der Waals surface area contributed by atoms with Crippen molar-refractivity contribution >= 4 is 17.3 Å². The number of H-pyrrole nitrogens is 1. The van der Waals surface area contributed by atoms with E-state index in [0.29, 0.717) is 5.95 Å². The molecule has 0 amide bonds. The Labute approximate surface area is 214 Å². The van der Waals surface area contributed by atoms with E-state index in [1.54, 1.807) is 18.3 Å². The highest BCUT2D eigenvalue weighted by Crippen LogP contribution is 2.15. The fourth-order valence-electron chi connectivity index (χ4n) is 4.34. The van der Waals surface area contributed by atoms with Gasteiger partial charge in [-0.1, -0.05) is 115 Å². The van der Waals surface area contributed by atoms with E-state index in [4.69, 9.17) is 5.73 Å². The first-order chi connectivity index (χ1) is 16.7. The van der Waals surface area contributed by atoms with E-state index in [9.17, 15) is 0 Å². The van der Waals surface area contributed by atoms with Crippen LogP contribution in [0.15, 0.2) is 22.9 Å². The molecule has 3 heterocycles. The van der Waals surface area contributed by atoms with Crippen molar-refractivity contribution in [2.24, 2.45) is 0 Å². The van der Waals surface area contributed by atoms with Crippen molar-refractivity contribution in [1.29, 1.82) is 0 Å². The molecule has 3 rings (SSSR count). The molecule has 0 aliphatic carbocycles. The molecule has 0 spiro atoms. The van der Waals surface area contributed by atoms with Gasteiger partial charge in [-0.3, -0.25) is 5.10 Å². The molecule has 5 nitrogen and oxygen atoms in total. The molecule has 0 atom stereocenters. The molecular formula is C28H53N5S. The van der Waals surface area contributed by atoms with E-state index >= 15 is 0 Å². The SMILES string of the molecule is CCN1CCCCCCCCCCCCCCCCCCC1.Cc1nc(N)n[nH]1.c1ccsc1. The molecule has 2 aromatic heterocycles. The predicted molar refractivity (Wildman–Crippen MR) is 150 cm³/mol. The maximum Gasteiger partial charge on any atom is 0.239 e. The number of rotatable bonds is 1. The molecule has 3 N–H and O–H groups in total. The van der Waals surface area contributed by atoms with Gasteiger partial charge in [0.05, 0.1) is 0 Å². The van der Waals surface area contributed by atoms with Crippen LogP contribution in [0.1, 0.15) is 122 Å². The summed E-state index contributed by atoms with van der Waals surface area (Å²) >= 11 is 1.71. The maximum atomic E-state index is 5.13. The highest BCUT2D eigenvalue weighted by molar-refractivity contribution is 7.07. The van der Waals surface area contributed by atoms with Crippen LogP contribution in [0.25, 0.3) is 0 Å². The van der Waals surface area contributed by atoms with Gasteiger partial charge in [-0.15, -0.1) is 5.10 Å². The maximum absolute atomic E-state index is 5.13. The zero-order valence-corrected chi connectivity index (χ0v) is 23.1. The van der Waals surface area contributed by atoms with Crippen LogP contribution >= 0.6 is 11.3 Å². The van der Waals surface area contributed by atoms with Crippen LogP contribution in [-0.2, 0) is 0 Å². The molecule has 1 aliphatic rings. The van der Waals surface area contributed by atoms with E-state index in [-0.39, 0.29) is 0 Å². The fraction of sp³-hybridized carbons (Fsp3) is 0.786. The standard InChI is InChI=1S/C21H43N.C4H4S.C3H6N4/c1-2-22-20-18-16-14-12-10-8-6-4-3-5-7-9-11-13-15-17-19-21-22;1-2-4-5-3-1;1-2-5-3(4)7-6-2/h2-21H2,1H3;1-4H;1H3,(H3,4,5,6,7). The number of nitrogen functional groups attached to an aromatic ring is 1. The molecule has 1 fully saturated rings. The minimum absolute atomic E-state index is 0.303. The van der Waals surface area contributed by atoms with Gasteiger partial charge in [-0.05, 0) is 50.2 Å². The largest absolute Gasteiger partial charge is 0.367 e. The summed E-state index contributed by atoms with van der Waals surface area (Å²) in [5, 5.41) is 10.2. The van der Waals surface area contributed by atoms with Crippen LogP contribution < -0.4 is 5.73 Å². The molecule has 6 heteroatoms. The zero-order valence-electron chi connectivity index (χ0n) is 22.3.